The molecule has 0 aliphatic heterocycles. The molecule has 4 N–H and O–H groups in total. The minimum Gasteiger partial charge on any atom is -0.370 e. The maximum atomic E-state index is 11.1. The monoisotopic (exact) mass is 352 g/mol. The summed E-state index contributed by atoms with van der Waals surface area (Å²) in [7, 11) is 0. The molecule has 0 rings (SSSR count). The minimum absolute atomic E-state index is 0. The molecule has 0 bridgehead atoms. The second-order valence-electron chi connectivity index (χ2n) is 3.79. The van der Waals surface area contributed by atoms with Crippen LogP contribution in [-0.4, -0.2) is 31.5 Å². The van der Waals surface area contributed by atoms with Gasteiger partial charge in [0.05, 0.1) is 6.54 Å². The third kappa shape index (κ3) is 13.0. The average molecular weight is 352 g/mol. The van der Waals surface area contributed by atoms with E-state index in [1.807, 2.05) is 0 Å². The smallest absolute Gasteiger partial charge is 0.242 e. The number of nitrogens with two attached hydrogens (primary N) is 1. The molecule has 0 atom stereocenters. The van der Waals surface area contributed by atoms with E-state index in [-0.39, 0.29) is 48.9 Å². The lowest BCUT2D eigenvalue weighted by Gasteiger charge is -2.07. The predicted octanol–water partition coefficient (Wildman–Crippen LogP) is 0.304. The highest BCUT2D eigenvalue weighted by molar-refractivity contribution is 14.0. The van der Waals surface area contributed by atoms with Crippen molar-refractivity contribution in [3.8, 4) is 12.3 Å². The molecule has 0 saturated heterocycles. The predicted molar refractivity (Wildman–Crippen MR) is 81.2 cm³/mol. The van der Waals surface area contributed by atoms with E-state index < -0.39 is 0 Å². The zero-order chi connectivity index (χ0) is 12.4. The highest BCUT2D eigenvalue weighted by Crippen LogP contribution is 1.95. The van der Waals surface area contributed by atoms with E-state index in [2.05, 4.69) is 35.4 Å². The van der Waals surface area contributed by atoms with Crippen LogP contribution >= 0.6 is 24.0 Å². The van der Waals surface area contributed by atoms with Gasteiger partial charge in [0, 0.05) is 6.54 Å². The van der Waals surface area contributed by atoms with E-state index in [0.29, 0.717) is 5.92 Å². The second kappa shape index (κ2) is 11.5. The van der Waals surface area contributed by atoms with Gasteiger partial charge >= 0.3 is 0 Å². The number of guanidine groups is 1. The molecule has 0 aliphatic rings. The Morgan fingerprint density at radius 1 is 1.47 bits per heavy atom. The first kappa shape index (κ1) is 18.4. The van der Waals surface area contributed by atoms with Gasteiger partial charge in [-0.2, -0.15) is 0 Å². The fourth-order valence-corrected chi connectivity index (χ4v) is 0.907. The van der Waals surface area contributed by atoms with Gasteiger partial charge in [0.1, 0.15) is 6.54 Å². The molecule has 0 radical (unpaired) electrons. The summed E-state index contributed by atoms with van der Waals surface area (Å²) in [6.07, 6.45) is 6.00. The van der Waals surface area contributed by atoms with E-state index in [0.717, 1.165) is 13.0 Å². The van der Waals surface area contributed by atoms with Gasteiger partial charge in [0.2, 0.25) is 5.91 Å². The summed E-state index contributed by atoms with van der Waals surface area (Å²) in [4.78, 5) is 15.0. The van der Waals surface area contributed by atoms with Gasteiger partial charge < -0.3 is 16.4 Å². The SMILES string of the molecule is C#CCNC(=O)CN=C(N)NCCC(C)C.I. The Bertz CT molecular complexity index is 284. The zero-order valence-corrected chi connectivity index (χ0v) is 12.7. The van der Waals surface area contributed by atoms with Gasteiger partial charge in [0.25, 0.3) is 0 Å². The first-order valence-electron chi connectivity index (χ1n) is 5.30. The molecule has 0 aromatic heterocycles. The molecule has 0 heterocycles. The van der Waals surface area contributed by atoms with Gasteiger partial charge in [-0.3, -0.25) is 4.79 Å². The lowest BCUT2D eigenvalue weighted by atomic mass is 10.1. The normalized spacial score (nSPS) is 10.4. The first-order valence-corrected chi connectivity index (χ1v) is 5.30. The largest absolute Gasteiger partial charge is 0.370 e. The van der Waals surface area contributed by atoms with Crippen LogP contribution in [0.1, 0.15) is 20.3 Å². The molecule has 0 saturated carbocycles. The summed E-state index contributed by atoms with van der Waals surface area (Å²) in [5.41, 5.74) is 5.56. The highest BCUT2D eigenvalue weighted by atomic mass is 127. The Kier molecular flexibility index (Phi) is 12.5. The van der Waals surface area contributed by atoms with Crippen LogP contribution in [-0.2, 0) is 4.79 Å². The minimum atomic E-state index is -0.230. The highest BCUT2D eigenvalue weighted by Gasteiger charge is 1.98. The Labute approximate surface area is 120 Å². The summed E-state index contributed by atoms with van der Waals surface area (Å²) in [5, 5.41) is 5.43. The number of rotatable bonds is 6. The number of aliphatic imine (C=N–C) groups is 1. The van der Waals surface area contributed by atoms with Crippen LogP contribution in [0.5, 0.6) is 0 Å². The fourth-order valence-electron chi connectivity index (χ4n) is 0.907. The molecular formula is C11H21IN4O. The maximum Gasteiger partial charge on any atom is 0.242 e. The van der Waals surface area contributed by atoms with Crippen molar-refractivity contribution in [1.82, 2.24) is 10.6 Å². The van der Waals surface area contributed by atoms with Gasteiger partial charge in [0.15, 0.2) is 5.96 Å². The summed E-state index contributed by atoms with van der Waals surface area (Å²) in [5.74, 6) is 2.97. The fraction of sp³-hybridized carbons (Fsp3) is 0.636. The van der Waals surface area contributed by atoms with Crippen LogP contribution in [0.3, 0.4) is 0 Å². The molecule has 1 amide bonds. The Morgan fingerprint density at radius 3 is 2.65 bits per heavy atom. The standard InChI is InChI=1S/C11H20N4O.HI/c1-4-6-13-10(16)8-15-11(12)14-7-5-9(2)3;/h1,9H,5-8H2,2-3H3,(H,13,16)(H3,12,14,15);1H. The number of carbonyl (C=O) groups is 1. The molecule has 0 aliphatic carbocycles. The number of terminal acetylenes is 1. The molecule has 5 nitrogen and oxygen atoms in total. The van der Waals surface area contributed by atoms with Crippen LogP contribution in [0, 0.1) is 18.3 Å². The molecule has 98 valence electrons. The van der Waals surface area contributed by atoms with E-state index in [9.17, 15) is 4.79 Å². The number of amides is 1. The molecule has 0 unspecified atom stereocenters. The van der Waals surface area contributed by atoms with E-state index in [4.69, 9.17) is 12.2 Å². The first-order chi connectivity index (χ1) is 7.56. The van der Waals surface area contributed by atoms with Crippen molar-refractivity contribution in [2.24, 2.45) is 16.6 Å². The summed E-state index contributed by atoms with van der Waals surface area (Å²) in [6, 6.07) is 0. The van der Waals surface area contributed by atoms with Gasteiger partial charge in [-0.15, -0.1) is 30.4 Å². The number of hydrogen-bond donors (Lipinski definition) is 3. The number of halogens is 1. The van der Waals surface area contributed by atoms with Gasteiger partial charge in [-0.25, -0.2) is 4.99 Å². The number of carbonyl (C=O) groups excluding carboxylic acids is 1. The van der Waals surface area contributed by atoms with Crippen molar-refractivity contribution in [2.75, 3.05) is 19.6 Å². The summed E-state index contributed by atoms with van der Waals surface area (Å²) < 4.78 is 0. The van der Waals surface area contributed by atoms with Gasteiger partial charge in [-0.1, -0.05) is 19.8 Å². The topological polar surface area (TPSA) is 79.5 Å². The quantitative estimate of drug-likeness (QED) is 0.279. The molecular weight excluding hydrogens is 331 g/mol. The Hall–Kier alpha value is -0.970. The number of nitrogens with one attached hydrogen (secondary N) is 2. The van der Waals surface area contributed by atoms with Crippen LogP contribution in [0.15, 0.2) is 4.99 Å². The second-order valence-corrected chi connectivity index (χ2v) is 3.79. The van der Waals surface area contributed by atoms with Crippen molar-refractivity contribution in [1.29, 1.82) is 0 Å². The van der Waals surface area contributed by atoms with Crippen molar-refractivity contribution in [2.45, 2.75) is 20.3 Å². The van der Waals surface area contributed by atoms with E-state index in [1.54, 1.807) is 0 Å². The van der Waals surface area contributed by atoms with Crippen LogP contribution in [0.25, 0.3) is 0 Å². The maximum absolute atomic E-state index is 11.1. The Morgan fingerprint density at radius 2 is 2.12 bits per heavy atom. The third-order valence-electron chi connectivity index (χ3n) is 1.81. The lowest BCUT2D eigenvalue weighted by Crippen LogP contribution is -2.34. The zero-order valence-electron chi connectivity index (χ0n) is 10.3. The third-order valence-corrected chi connectivity index (χ3v) is 1.81. The van der Waals surface area contributed by atoms with Crippen molar-refractivity contribution in [3.63, 3.8) is 0 Å². The van der Waals surface area contributed by atoms with Crippen molar-refractivity contribution < 1.29 is 4.79 Å². The van der Waals surface area contributed by atoms with E-state index >= 15 is 0 Å². The summed E-state index contributed by atoms with van der Waals surface area (Å²) in [6.45, 7) is 5.24. The molecule has 17 heavy (non-hydrogen) atoms. The number of nitrogens with zero attached hydrogens (tertiary/aromatic N) is 1. The van der Waals surface area contributed by atoms with Gasteiger partial charge in [-0.05, 0) is 12.3 Å². The van der Waals surface area contributed by atoms with Crippen molar-refractivity contribution in [3.05, 3.63) is 0 Å². The van der Waals surface area contributed by atoms with E-state index in [1.165, 1.54) is 0 Å². The molecule has 0 aromatic carbocycles. The molecule has 0 aromatic rings. The Balaban J connectivity index is 0. The van der Waals surface area contributed by atoms with Crippen LogP contribution in [0.4, 0.5) is 0 Å². The average Bonchev–Trinajstić information content (AvgIpc) is 2.23. The van der Waals surface area contributed by atoms with Crippen LogP contribution in [0.2, 0.25) is 0 Å². The molecule has 0 fully saturated rings. The number of hydrogen-bond acceptors (Lipinski definition) is 2. The summed E-state index contributed by atoms with van der Waals surface area (Å²) >= 11 is 0. The van der Waals surface area contributed by atoms with Crippen molar-refractivity contribution >= 4 is 35.8 Å². The molecule has 0 spiro atoms. The van der Waals surface area contributed by atoms with Crippen LogP contribution < -0.4 is 16.4 Å². The lowest BCUT2D eigenvalue weighted by molar-refractivity contribution is -0.119. The molecule has 6 heteroatoms.